The van der Waals surface area contributed by atoms with Crippen LogP contribution in [0.25, 0.3) is 0 Å². The lowest BCUT2D eigenvalue weighted by Crippen LogP contribution is -2.39. The lowest BCUT2D eigenvalue weighted by molar-refractivity contribution is -0.115. The second kappa shape index (κ2) is 8.12. The molecule has 3 heterocycles. The van der Waals surface area contributed by atoms with Crippen molar-refractivity contribution in [1.29, 1.82) is 0 Å². The van der Waals surface area contributed by atoms with Gasteiger partial charge in [-0.2, -0.15) is 5.10 Å². The number of halogens is 1. The van der Waals surface area contributed by atoms with Crippen LogP contribution < -0.4 is 14.5 Å². The predicted molar refractivity (Wildman–Crippen MR) is 122 cm³/mol. The summed E-state index contributed by atoms with van der Waals surface area (Å²) in [5.41, 5.74) is 2.97. The predicted octanol–water partition coefficient (Wildman–Crippen LogP) is 2.16. The van der Waals surface area contributed by atoms with Gasteiger partial charge in [0.2, 0.25) is 0 Å². The van der Waals surface area contributed by atoms with Gasteiger partial charge in [0.05, 0.1) is 37.2 Å². The number of carbonyl (C=O) groups is 1. The van der Waals surface area contributed by atoms with Gasteiger partial charge in [0.1, 0.15) is 17.8 Å². The highest BCUT2D eigenvalue weighted by molar-refractivity contribution is 6.30. The number of hydrogen-bond acceptors (Lipinski definition) is 7. The molecule has 0 spiro atoms. The summed E-state index contributed by atoms with van der Waals surface area (Å²) in [4.78, 5) is 16.6. The number of carbonyl (C=O) groups excluding carboxylic acids is 1. The van der Waals surface area contributed by atoms with Gasteiger partial charge < -0.3 is 19.8 Å². The molecular weight excluding hydrogens is 432 g/mol. The number of hydrogen-bond donors (Lipinski definition) is 2. The molecule has 1 amide bonds. The minimum absolute atomic E-state index is 0.0493. The summed E-state index contributed by atoms with van der Waals surface area (Å²) in [7, 11) is 1.55. The molecular formula is C23H23ClN4O4. The van der Waals surface area contributed by atoms with Crippen LogP contribution in [0, 0.1) is 0 Å². The lowest BCUT2D eigenvalue weighted by Gasteiger charge is -2.28. The Morgan fingerprint density at radius 2 is 1.78 bits per heavy atom. The molecule has 2 aromatic carbocycles. The van der Waals surface area contributed by atoms with Crippen LogP contribution in [-0.4, -0.2) is 66.4 Å². The van der Waals surface area contributed by atoms with Gasteiger partial charge >= 0.3 is 0 Å². The fourth-order valence-electron chi connectivity index (χ4n) is 4.33. The lowest BCUT2D eigenvalue weighted by atomic mass is 10.0. The van der Waals surface area contributed by atoms with Crippen molar-refractivity contribution in [3.8, 4) is 5.75 Å². The number of benzene rings is 2. The van der Waals surface area contributed by atoms with Crippen LogP contribution in [0.1, 0.15) is 11.5 Å². The molecule has 166 valence electrons. The standard InChI is InChI=1S/C23H23ClN4O4/c1-32-22-9-17(6-7-18(22)26-11-20(29)21(30)12-26)27-13-25-28-10-15(8-19(28)23(27)31)14-2-4-16(24)5-3-14/h2-9,13,15,20-21,29-30H,10-12H2,1H3. The minimum atomic E-state index is -0.802. The maximum atomic E-state index is 13.3. The van der Waals surface area contributed by atoms with E-state index in [0.29, 0.717) is 41.8 Å². The van der Waals surface area contributed by atoms with Gasteiger partial charge in [-0.1, -0.05) is 23.7 Å². The van der Waals surface area contributed by atoms with Gasteiger partial charge in [0.25, 0.3) is 5.91 Å². The smallest absolute Gasteiger partial charge is 0.281 e. The first-order valence-electron chi connectivity index (χ1n) is 10.4. The fraction of sp³-hybridized carbons (Fsp3) is 0.304. The first-order chi connectivity index (χ1) is 15.4. The second-order valence-electron chi connectivity index (χ2n) is 8.09. The average Bonchev–Trinajstić information content (AvgIpc) is 3.38. The van der Waals surface area contributed by atoms with Gasteiger partial charge in [0.15, 0.2) is 0 Å². The van der Waals surface area contributed by atoms with Crippen LogP contribution in [0.15, 0.2) is 59.3 Å². The SMILES string of the molecule is COc1cc(N2C=NN3CC(c4ccc(Cl)cc4)C=C3C2=O)ccc1N1CC(O)C(O)C1. The average molecular weight is 455 g/mol. The van der Waals surface area contributed by atoms with Gasteiger partial charge in [-0.15, -0.1) is 0 Å². The van der Waals surface area contributed by atoms with E-state index in [4.69, 9.17) is 16.3 Å². The Labute approximate surface area is 190 Å². The van der Waals surface area contributed by atoms with Crippen molar-refractivity contribution in [3.63, 3.8) is 0 Å². The zero-order valence-corrected chi connectivity index (χ0v) is 18.2. The highest BCUT2D eigenvalue weighted by atomic mass is 35.5. The van der Waals surface area contributed by atoms with E-state index in [2.05, 4.69) is 5.10 Å². The Hall–Kier alpha value is -3.07. The van der Waals surface area contributed by atoms with Gasteiger partial charge in [0, 0.05) is 30.1 Å². The Morgan fingerprint density at radius 3 is 2.47 bits per heavy atom. The molecule has 2 aromatic rings. The summed E-state index contributed by atoms with van der Waals surface area (Å²) in [6.45, 7) is 1.22. The van der Waals surface area contributed by atoms with Crippen LogP contribution in [-0.2, 0) is 4.79 Å². The quantitative estimate of drug-likeness (QED) is 0.736. The molecule has 3 aliphatic rings. The molecule has 0 radical (unpaired) electrons. The molecule has 2 N–H and O–H groups in total. The summed E-state index contributed by atoms with van der Waals surface area (Å²) in [6, 6.07) is 13.0. The largest absolute Gasteiger partial charge is 0.495 e. The molecule has 1 saturated heterocycles. The van der Waals surface area contributed by atoms with Crippen LogP contribution in [0.5, 0.6) is 5.75 Å². The normalized spacial score (nSPS) is 24.8. The summed E-state index contributed by atoms with van der Waals surface area (Å²) < 4.78 is 5.54. The van der Waals surface area contributed by atoms with E-state index in [1.165, 1.54) is 11.2 Å². The zero-order valence-electron chi connectivity index (χ0n) is 17.4. The molecule has 3 atom stereocenters. The van der Waals surface area contributed by atoms with E-state index in [9.17, 15) is 15.0 Å². The first-order valence-corrected chi connectivity index (χ1v) is 10.7. The van der Waals surface area contributed by atoms with Crippen LogP contribution >= 0.6 is 11.6 Å². The van der Waals surface area contributed by atoms with Crippen molar-refractivity contribution >= 4 is 35.2 Å². The van der Waals surface area contributed by atoms with Gasteiger partial charge in [-0.3, -0.25) is 14.7 Å². The number of ether oxygens (including phenoxy) is 1. The van der Waals surface area contributed by atoms with E-state index >= 15 is 0 Å². The number of aliphatic hydroxyl groups excluding tert-OH is 2. The van der Waals surface area contributed by atoms with Gasteiger partial charge in [-0.25, -0.2) is 0 Å². The number of fused-ring (bicyclic) bond motifs is 1. The van der Waals surface area contributed by atoms with E-state index < -0.39 is 12.2 Å². The van der Waals surface area contributed by atoms with Crippen molar-refractivity contribution in [2.75, 3.05) is 36.5 Å². The molecule has 32 heavy (non-hydrogen) atoms. The van der Waals surface area contributed by atoms with Gasteiger partial charge in [-0.05, 0) is 35.9 Å². The van der Waals surface area contributed by atoms with Crippen molar-refractivity contribution < 1.29 is 19.7 Å². The van der Waals surface area contributed by atoms with Crippen molar-refractivity contribution in [3.05, 3.63) is 64.8 Å². The number of β-amino-alcohol motifs (C(OH)–C–C–N with tert-alkyl or cyclic N) is 2. The van der Waals surface area contributed by atoms with E-state index in [1.807, 2.05) is 41.3 Å². The Bertz CT molecular complexity index is 1090. The molecule has 0 aromatic heterocycles. The Balaban J connectivity index is 1.40. The van der Waals surface area contributed by atoms with Crippen molar-refractivity contribution in [1.82, 2.24) is 5.01 Å². The van der Waals surface area contributed by atoms with Crippen molar-refractivity contribution in [2.24, 2.45) is 5.10 Å². The summed E-state index contributed by atoms with van der Waals surface area (Å²) in [5, 5.41) is 26.6. The molecule has 1 fully saturated rings. The maximum Gasteiger partial charge on any atom is 0.281 e. The van der Waals surface area contributed by atoms with E-state index in [-0.39, 0.29) is 11.8 Å². The highest BCUT2D eigenvalue weighted by Gasteiger charge is 2.35. The topological polar surface area (TPSA) is 88.8 Å². The number of methoxy groups -OCH3 is 1. The Kier molecular flexibility index (Phi) is 5.28. The molecule has 5 rings (SSSR count). The summed E-state index contributed by atoms with van der Waals surface area (Å²) >= 11 is 5.99. The van der Waals surface area contributed by atoms with E-state index in [1.54, 1.807) is 24.3 Å². The summed E-state index contributed by atoms with van der Waals surface area (Å²) in [5.74, 6) is 0.429. The zero-order chi connectivity index (χ0) is 22.4. The van der Waals surface area contributed by atoms with Crippen molar-refractivity contribution in [2.45, 2.75) is 18.1 Å². The van der Waals surface area contributed by atoms with Crippen LogP contribution in [0.2, 0.25) is 5.02 Å². The third-order valence-electron chi connectivity index (χ3n) is 6.09. The number of nitrogens with zero attached hydrogens (tertiary/aromatic N) is 4. The molecule has 0 saturated carbocycles. The molecule has 0 bridgehead atoms. The second-order valence-corrected chi connectivity index (χ2v) is 8.53. The third kappa shape index (κ3) is 3.60. The third-order valence-corrected chi connectivity index (χ3v) is 6.34. The van der Waals surface area contributed by atoms with Crippen LogP contribution in [0.4, 0.5) is 11.4 Å². The number of anilines is 2. The van der Waals surface area contributed by atoms with Crippen LogP contribution in [0.3, 0.4) is 0 Å². The fourth-order valence-corrected chi connectivity index (χ4v) is 4.46. The molecule has 3 unspecified atom stereocenters. The van der Waals surface area contributed by atoms with E-state index in [0.717, 1.165) is 11.3 Å². The first kappa shape index (κ1) is 20.8. The molecule has 9 heteroatoms. The molecule has 0 aliphatic carbocycles. The number of amides is 1. The molecule has 8 nitrogen and oxygen atoms in total. The monoisotopic (exact) mass is 454 g/mol. The Morgan fingerprint density at radius 1 is 1.06 bits per heavy atom. The number of rotatable bonds is 4. The maximum absolute atomic E-state index is 13.3. The number of hydrazone groups is 1. The molecule has 3 aliphatic heterocycles. The highest BCUT2D eigenvalue weighted by Crippen LogP contribution is 2.37. The summed E-state index contributed by atoms with van der Waals surface area (Å²) in [6.07, 6.45) is 1.85. The minimum Gasteiger partial charge on any atom is -0.495 e. The number of aliphatic hydroxyl groups is 2.